The third-order valence-corrected chi connectivity index (χ3v) is 5.03. The van der Waals surface area contributed by atoms with Gasteiger partial charge in [0.05, 0.1) is 5.69 Å². The first kappa shape index (κ1) is 14.4. The lowest BCUT2D eigenvalue weighted by Crippen LogP contribution is -2.14. The number of hydrogen-bond acceptors (Lipinski definition) is 3. The smallest absolute Gasteiger partial charge is 0.274 e. The Hall–Kier alpha value is -2.24. The van der Waals surface area contributed by atoms with E-state index in [0.717, 1.165) is 22.6 Å². The number of aromatic amines is 1. The molecule has 1 aliphatic heterocycles. The van der Waals surface area contributed by atoms with Crippen molar-refractivity contribution in [2.45, 2.75) is 10.6 Å². The number of benzene rings is 2. The molecule has 2 heterocycles. The maximum atomic E-state index is 12.5. The van der Waals surface area contributed by atoms with E-state index in [1.54, 1.807) is 36.0 Å². The summed E-state index contributed by atoms with van der Waals surface area (Å²) in [7, 11) is 0. The second-order valence-corrected chi connectivity index (χ2v) is 6.63. The first-order chi connectivity index (χ1) is 11.2. The quantitative estimate of drug-likeness (QED) is 0.716. The molecule has 0 saturated heterocycles. The van der Waals surface area contributed by atoms with Gasteiger partial charge in [0.25, 0.3) is 5.91 Å². The maximum absolute atomic E-state index is 12.5. The van der Waals surface area contributed by atoms with Crippen LogP contribution in [0.25, 0.3) is 11.3 Å². The third-order valence-electron chi connectivity index (χ3n) is 3.69. The standard InChI is InChI=1S/C17H12ClN3OS/c18-10-4-3-5-11(8-10)19-17(22)16-13-9-23-14-7-2-1-6-12(14)15(13)20-21-16/h1-8H,9H2,(H,19,22)(H,20,21). The summed E-state index contributed by atoms with van der Waals surface area (Å²) in [4.78, 5) is 13.7. The first-order valence-electron chi connectivity index (χ1n) is 7.09. The van der Waals surface area contributed by atoms with E-state index in [2.05, 4.69) is 21.6 Å². The van der Waals surface area contributed by atoms with E-state index in [1.165, 1.54) is 4.90 Å². The lowest BCUT2D eigenvalue weighted by atomic mass is 10.1. The van der Waals surface area contributed by atoms with E-state index in [1.807, 2.05) is 18.2 Å². The molecule has 1 amide bonds. The van der Waals surface area contributed by atoms with Crippen molar-refractivity contribution in [3.05, 3.63) is 64.8 Å². The second kappa shape index (κ2) is 5.76. The van der Waals surface area contributed by atoms with Crippen LogP contribution in [0.5, 0.6) is 0 Å². The van der Waals surface area contributed by atoms with E-state index < -0.39 is 0 Å². The molecule has 0 fully saturated rings. The number of halogens is 1. The Morgan fingerprint density at radius 2 is 2.09 bits per heavy atom. The molecule has 0 unspecified atom stereocenters. The predicted molar refractivity (Wildman–Crippen MR) is 93.0 cm³/mol. The lowest BCUT2D eigenvalue weighted by molar-refractivity contribution is 0.102. The molecule has 2 N–H and O–H groups in total. The summed E-state index contributed by atoms with van der Waals surface area (Å²) < 4.78 is 0. The summed E-state index contributed by atoms with van der Waals surface area (Å²) in [5.41, 5.74) is 4.03. The Kier molecular flexibility index (Phi) is 3.59. The molecule has 1 aliphatic rings. The van der Waals surface area contributed by atoms with Crippen molar-refractivity contribution < 1.29 is 4.79 Å². The topological polar surface area (TPSA) is 57.8 Å². The molecule has 0 aliphatic carbocycles. The highest BCUT2D eigenvalue weighted by molar-refractivity contribution is 7.98. The molecular weight excluding hydrogens is 330 g/mol. The minimum Gasteiger partial charge on any atom is -0.321 e. The summed E-state index contributed by atoms with van der Waals surface area (Å²) in [5, 5.41) is 10.7. The van der Waals surface area contributed by atoms with Gasteiger partial charge in [0.1, 0.15) is 5.69 Å². The number of aromatic nitrogens is 2. The number of rotatable bonds is 2. The van der Waals surface area contributed by atoms with E-state index >= 15 is 0 Å². The molecule has 4 nitrogen and oxygen atoms in total. The van der Waals surface area contributed by atoms with Gasteiger partial charge >= 0.3 is 0 Å². The number of carbonyl (C=O) groups excluding carboxylic acids is 1. The van der Waals surface area contributed by atoms with Gasteiger partial charge in [-0.25, -0.2) is 0 Å². The fraction of sp³-hybridized carbons (Fsp3) is 0.0588. The van der Waals surface area contributed by atoms with Crippen LogP contribution in [0.1, 0.15) is 16.1 Å². The van der Waals surface area contributed by atoms with Crippen molar-refractivity contribution in [2.75, 3.05) is 5.32 Å². The van der Waals surface area contributed by atoms with E-state index in [0.29, 0.717) is 16.4 Å². The fourth-order valence-electron chi connectivity index (χ4n) is 2.61. The zero-order valence-corrected chi connectivity index (χ0v) is 13.5. The molecule has 0 atom stereocenters. The highest BCUT2D eigenvalue weighted by atomic mass is 35.5. The zero-order valence-electron chi connectivity index (χ0n) is 12.0. The van der Waals surface area contributed by atoms with Crippen LogP contribution >= 0.6 is 23.4 Å². The van der Waals surface area contributed by atoms with Gasteiger partial charge in [-0.05, 0) is 24.3 Å². The molecule has 0 saturated carbocycles. The van der Waals surface area contributed by atoms with Crippen molar-refractivity contribution in [2.24, 2.45) is 0 Å². The molecule has 0 spiro atoms. The number of nitrogens with one attached hydrogen (secondary N) is 2. The van der Waals surface area contributed by atoms with Gasteiger partial charge in [0.15, 0.2) is 0 Å². The van der Waals surface area contributed by atoms with Crippen LogP contribution in [0, 0.1) is 0 Å². The summed E-state index contributed by atoms with van der Waals surface area (Å²) in [6, 6.07) is 15.2. The molecule has 6 heteroatoms. The molecular formula is C17H12ClN3OS. The highest BCUT2D eigenvalue weighted by Gasteiger charge is 2.25. The average molecular weight is 342 g/mol. The van der Waals surface area contributed by atoms with Gasteiger partial charge in [-0.15, -0.1) is 11.8 Å². The Morgan fingerprint density at radius 3 is 2.96 bits per heavy atom. The Morgan fingerprint density at radius 1 is 1.22 bits per heavy atom. The van der Waals surface area contributed by atoms with Crippen molar-refractivity contribution in [1.82, 2.24) is 10.2 Å². The molecule has 0 radical (unpaired) electrons. The van der Waals surface area contributed by atoms with Crippen molar-refractivity contribution in [1.29, 1.82) is 0 Å². The van der Waals surface area contributed by atoms with Crippen molar-refractivity contribution >= 4 is 35.0 Å². The normalized spacial score (nSPS) is 12.4. The van der Waals surface area contributed by atoms with E-state index in [-0.39, 0.29) is 5.91 Å². The second-order valence-electron chi connectivity index (χ2n) is 5.18. The summed E-state index contributed by atoms with van der Waals surface area (Å²) >= 11 is 7.67. The number of fused-ring (bicyclic) bond motifs is 3. The predicted octanol–water partition coefficient (Wildman–Crippen LogP) is 4.59. The Labute approximate surface area is 142 Å². The number of hydrogen-bond donors (Lipinski definition) is 2. The SMILES string of the molecule is O=C(Nc1cccc(Cl)c1)c1[nH]nc2c1CSc1ccccc1-2. The Balaban J connectivity index is 1.67. The third kappa shape index (κ3) is 2.62. The average Bonchev–Trinajstić information content (AvgIpc) is 2.99. The molecule has 1 aromatic heterocycles. The molecule has 114 valence electrons. The summed E-state index contributed by atoms with van der Waals surface area (Å²) in [6.45, 7) is 0. The highest BCUT2D eigenvalue weighted by Crippen LogP contribution is 2.41. The number of thioether (sulfide) groups is 1. The van der Waals surface area contributed by atoms with Gasteiger partial charge in [0, 0.05) is 32.5 Å². The van der Waals surface area contributed by atoms with Gasteiger partial charge in [0.2, 0.25) is 0 Å². The van der Waals surface area contributed by atoms with Gasteiger partial charge in [-0.1, -0.05) is 35.9 Å². The van der Waals surface area contributed by atoms with Crippen LogP contribution in [-0.2, 0) is 5.75 Å². The molecule has 4 rings (SSSR count). The van der Waals surface area contributed by atoms with Crippen LogP contribution < -0.4 is 5.32 Å². The van der Waals surface area contributed by atoms with Crippen LogP contribution in [0.15, 0.2) is 53.4 Å². The van der Waals surface area contributed by atoms with Gasteiger partial charge in [-0.3, -0.25) is 9.89 Å². The summed E-state index contributed by atoms with van der Waals surface area (Å²) in [6.07, 6.45) is 0. The lowest BCUT2D eigenvalue weighted by Gasteiger charge is -2.15. The molecule has 23 heavy (non-hydrogen) atoms. The number of anilines is 1. The zero-order chi connectivity index (χ0) is 15.8. The molecule has 3 aromatic rings. The van der Waals surface area contributed by atoms with E-state index in [4.69, 9.17) is 11.6 Å². The minimum atomic E-state index is -0.207. The van der Waals surface area contributed by atoms with E-state index in [9.17, 15) is 4.79 Å². The van der Waals surface area contributed by atoms with Crippen LogP contribution in [-0.4, -0.2) is 16.1 Å². The summed E-state index contributed by atoms with van der Waals surface area (Å²) in [5.74, 6) is 0.516. The molecule has 0 bridgehead atoms. The number of H-pyrrole nitrogens is 1. The maximum Gasteiger partial charge on any atom is 0.274 e. The number of amides is 1. The Bertz CT molecular complexity index is 906. The molecule has 2 aromatic carbocycles. The van der Waals surface area contributed by atoms with Crippen LogP contribution in [0.4, 0.5) is 5.69 Å². The van der Waals surface area contributed by atoms with Gasteiger partial charge < -0.3 is 5.32 Å². The van der Waals surface area contributed by atoms with Gasteiger partial charge in [-0.2, -0.15) is 5.10 Å². The van der Waals surface area contributed by atoms with Crippen molar-refractivity contribution in [3.8, 4) is 11.3 Å². The number of nitrogens with zero attached hydrogens (tertiary/aromatic N) is 1. The van der Waals surface area contributed by atoms with Crippen LogP contribution in [0.2, 0.25) is 5.02 Å². The fourth-order valence-corrected chi connectivity index (χ4v) is 3.88. The minimum absolute atomic E-state index is 0.207. The first-order valence-corrected chi connectivity index (χ1v) is 8.45. The monoisotopic (exact) mass is 341 g/mol. The number of carbonyl (C=O) groups is 1. The van der Waals surface area contributed by atoms with Crippen LogP contribution in [0.3, 0.4) is 0 Å². The van der Waals surface area contributed by atoms with Crippen molar-refractivity contribution in [3.63, 3.8) is 0 Å². The largest absolute Gasteiger partial charge is 0.321 e.